The van der Waals surface area contributed by atoms with E-state index in [-0.39, 0.29) is 24.0 Å². The summed E-state index contributed by atoms with van der Waals surface area (Å²) in [4.78, 5) is 7.19. The van der Waals surface area contributed by atoms with Crippen LogP contribution >= 0.6 is 24.0 Å². The molecule has 0 bridgehead atoms. The normalized spacial score (nSPS) is 18.7. The van der Waals surface area contributed by atoms with E-state index in [1.54, 1.807) is 0 Å². The van der Waals surface area contributed by atoms with Gasteiger partial charge in [-0.2, -0.15) is 0 Å². The van der Waals surface area contributed by atoms with Gasteiger partial charge in [0.1, 0.15) is 6.54 Å². The van der Waals surface area contributed by atoms with Crippen molar-refractivity contribution in [2.24, 2.45) is 10.9 Å². The molecule has 2 heterocycles. The van der Waals surface area contributed by atoms with Crippen molar-refractivity contribution >= 4 is 29.9 Å². The molecule has 150 valence electrons. The summed E-state index contributed by atoms with van der Waals surface area (Å²) in [5.74, 6) is 2.88. The number of rotatable bonds is 8. The van der Waals surface area contributed by atoms with Gasteiger partial charge in [0.15, 0.2) is 11.7 Å². The van der Waals surface area contributed by atoms with Crippen LogP contribution in [0.1, 0.15) is 64.3 Å². The molecule has 1 aliphatic rings. The Hall–Kier alpha value is -0.830. The van der Waals surface area contributed by atoms with E-state index in [4.69, 9.17) is 4.52 Å². The summed E-state index contributed by atoms with van der Waals surface area (Å²) in [6, 6.07) is 2.00. The number of piperidine rings is 1. The molecule has 26 heavy (non-hydrogen) atoms. The highest BCUT2D eigenvalue weighted by Crippen LogP contribution is 2.15. The number of hydrogen-bond acceptors (Lipinski definition) is 4. The lowest BCUT2D eigenvalue weighted by molar-refractivity contribution is 0.182. The maximum atomic E-state index is 5.35. The number of aliphatic imine (C=N–C) groups is 1. The minimum Gasteiger partial charge on any atom is -0.359 e. The summed E-state index contributed by atoms with van der Waals surface area (Å²) in [7, 11) is 0. The van der Waals surface area contributed by atoms with Gasteiger partial charge in [0, 0.05) is 25.7 Å². The third-order valence-corrected chi connectivity index (χ3v) is 4.59. The molecule has 1 aromatic rings. The largest absolute Gasteiger partial charge is 0.359 e. The Morgan fingerprint density at radius 1 is 1.42 bits per heavy atom. The maximum absolute atomic E-state index is 5.35. The maximum Gasteiger partial charge on any atom is 0.191 e. The van der Waals surface area contributed by atoms with Crippen LogP contribution in [-0.2, 0) is 6.54 Å². The monoisotopic (exact) mass is 477 g/mol. The predicted octanol–water partition coefficient (Wildman–Crippen LogP) is 3.59. The van der Waals surface area contributed by atoms with Crippen LogP contribution in [0.15, 0.2) is 15.6 Å². The van der Waals surface area contributed by atoms with Gasteiger partial charge in [-0.15, -0.1) is 24.0 Å². The Bertz CT molecular complexity index is 532. The van der Waals surface area contributed by atoms with E-state index in [9.17, 15) is 0 Å². The van der Waals surface area contributed by atoms with Crippen LogP contribution < -0.4 is 10.6 Å². The van der Waals surface area contributed by atoms with Crippen molar-refractivity contribution in [2.75, 3.05) is 32.7 Å². The summed E-state index contributed by atoms with van der Waals surface area (Å²) in [6.45, 7) is 14.6. The Morgan fingerprint density at radius 3 is 2.88 bits per heavy atom. The Kier molecular flexibility index (Phi) is 11.2. The molecule has 0 radical (unpaired) electrons. The smallest absolute Gasteiger partial charge is 0.191 e. The number of likely N-dealkylation sites (tertiary alicyclic amines) is 1. The van der Waals surface area contributed by atoms with E-state index < -0.39 is 0 Å². The van der Waals surface area contributed by atoms with Gasteiger partial charge in [0.2, 0.25) is 0 Å². The number of nitrogens with one attached hydrogen (secondary N) is 2. The van der Waals surface area contributed by atoms with Gasteiger partial charge in [-0.05, 0) is 51.1 Å². The lowest BCUT2D eigenvalue weighted by Gasteiger charge is -2.30. The molecule has 0 saturated carbocycles. The lowest BCUT2D eigenvalue weighted by atomic mass is 10.0. The molecule has 6 nitrogen and oxygen atoms in total. The second kappa shape index (κ2) is 12.5. The Balaban J connectivity index is 0.00000338. The first kappa shape index (κ1) is 23.2. The molecular formula is C19H36IN5O. The van der Waals surface area contributed by atoms with Crippen molar-refractivity contribution < 1.29 is 4.52 Å². The Labute approximate surface area is 175 Å². The zero-order valence-electron chi connectivity index (χ0n) is 16.8. The first-order valence-corrected chi connectivity index (χ1v) is 9.78. The first-order valence-electron chi connectivity index (χ1n) is 9.78. The number of hydrogen-bond donors (Lipinski definition) is 2. The highest BCUT2D eigenvalue weighted by molar-refractivity contribution is 14.0. The van der Waals surface area contributed by atoms with Crippen LogP contribution in [0.25, 0.3) is 0 Å². The van der Waals surface area contributed by atoms with Crippen LogP contribution in [0.3, 0.4) is 0 Å². The third-order valence-electron chi connectivity index (χ3n) is 4.59. The van der Waals surface area contributed by atoms with E-state index in [0.717, 1.165) is 49.4 Å². The molecule has 7 heteroatoms. The third kappa shape index (κ3) is 8.24. The number of aromatic nitrogens is 1. The average molecular weight is 477 g/mol. The molecule has 0 spiro atoms. The lowest BCUT2D eigenvalue weighted by Crippen LogP contribution is -2.40. The van der Waals surface area contributed by atoms with E-state index in [2.05, 4.69) is 53.4 Å². The van der Waals surface area contributed by atoms with Gasteiger partial charge < -0.3 is 20.1 Å². The minimum absolute atomic E-state index is 0. The van der Waals surface area contributed by atoms with Crippen molar-refractivity contribution in [3.8, 4) is 0 Å². The molecular weight excluding hydrogens is 441 g/mol. The van der Waals surface area contributed by atoms with E-state index in [1.807, 2.05) is 6.07 Å². The summed E-state index contributed by atoms with van der Waals surface area (Å²) in [6.07, 6.45) is 3.86. The van der Waals surface area contributed by atoms with Crippen LogP contribution in [0.4, 0.5) is 0 Å². The van der Waals surface area contributed by atoms with E-state index in [1.165, 1.54) is 25.9 Å². The van der Waals surface area contributed by atoms with Gasteiger partial charge in [-0.3, -0.25) is 0 Å². The van der Waals surface area contributed by atoms with Crippen molar-refractivity contribution in [3.63, 3.8) is 0 Å². The second-order valence-electron chi connectivity index (χ2n) is 7.40. The van der Waals surface area contributed by atoms with Crippen molar-refractivity contribution in [1.29, 1.82) is 0 Å². The zero-order valence-corrected chi connectivity index (χ0v) is 19.1. The molecule has 0 aromatic carbocycles. The molecule has 2 rings (SSSR count). The standard InChI is InChI=1S/C19H35N5O.HI/c1-5-20-19(22-13-17-12-18(15(2)3)23-25-17)21-9-7-11-24-10-6-8-16(4)14-24;/h12,15-16H,5-11,13-14H2,1-4H3,(H2,20,21,22);1H. The molecule has 1 aliphatic heterocycles. The van der Waals surface area contributed by atoms with Crippen LogP contribution in [0.2, 0.25) is 0 Å². The molecule has 1 saturated heterocycles. The second-order valence-corrected chi connectivity index (χ2v) is 7.40. The molecule has 1 fully saturated rings. The van der Waals surface area contributed by atoms with Gasteiger partial charge in [-0.1, -0.05) is 25.9 Å². The fraction of sp³-hybridized carbons (Fsp3) is 0.789. The predicted molar refractivity (Wildman–Crippen MR) is 118 cm³/mol. The molecule has 2 N–H and O–H groups in total. The topological polar surface area (TPSA) is 65.7 Å². The van der Waals surface area contributed by atoms with Crippen LogP contribution in [-0.4, -0.2) is 48.7 Å². The molecule has 1 aromatic heterocycles. The fourth-order valence-corrected chi connectivity index (χ4v) is 3.17. The van der Waals surface area contributed by atoms with E-state index >= 15 is 0 Å². The zero-order chi connectivity index (χ0) is 18.1. The van der Waals surface area contributed by atoms with Gasteiger partial charge in [0.05, 0.1) is 5.69 Å². The van der Waals surface area contributed by atoms with Gasteiger partial charge in [0.25, 0.3) is 0 Å². The molecule has 1 atom stereocenters. The SMILES string of the molecule is CCNC(=NCc1cc(C(C)C)no1)NCCCN1CCCC(C)C1.I. The summed E-state index contributed by atoms with van der Waals surface area (Å²) in [5, 5.41) is 10.8. The average Bonchev–Trinajstić information content (AvgIpc) is 3.06. The number of halogens is 1. The fourth-order valence-electron chi connectivity index (χ4n) is 3.17. The number of nitrogens with zero attached hydrogens (tertiary/aromatic N) is 3. The highest BCUT2D eigenvalue weighted by atomic mass is 127. The van der Waals surface area contributed by atoms with E-state index in [0.29, 0.717) is 12.5 Å². The molecule has 0 aliphatic carbocycles. The summed E-state index contributed by atoms with van der Waals surface area (Å²) >= 11 is 0. The molecule has 0 amide bonds. The van der Waals surface area contributed by atoms with Crippen molar-refractivity contribution in [3.05, 3.63) is 17.5 Å². The highest BCUT2D eigenvalue weighted by Gasteiger charge is 2.15. The van der Waals surface area contributed by atoms with Crippen molar-refractivity contribution in [1.82, 2.24) is 20.7 Å². The molecule has 1 unspecified atom stereocenters. The first-order chi connectivity index (χ1) is 12.1. The van der Waals surface area contributed by atoms with Crippen molar-refractivity contribution in [2.45, 2.75) is 59.4 Å². The van der Waals surface area contributed by atoms with Gasteiger partial charge in [-0.25, -0.2) is 4.99 Å². The summed E-state index contributed by atoms with van der Waals surface area (Å²) in [5.41, 5.74) is 0.985. The number of guanidine groups is 1. The van der Waals surface area contributed by atoms with Crippen LogP contribution in [0, 0.1) is 5.92 Å². The van der Waals surface area contributed by atoms with Gasteiger partial charge >= 0.3 is 0 Å². The minimum atomic E-state index is 0. The Morgan fingerprint density at radius 2 is 2.23 bits per heavy atom. The quantitative estimate of drug-likeness (QED) is 0.259. The summed E-state index contributed by atoms with van der Waals surface area (Å²) < 4.78 is 5.35. The van der Waals surface area contributed by atoms with Crippen LogP contribution in [0.5, 0.6) is 0 Å².